The van der Waals surface area contributed by atoms with Crippen LogP contribution in [-0.4, -0.2) is 24.2 Å². The van der Waals surface area contributed by atoms with Gasteiger partial charge >= 0.3 is 0 Å². The first kappa shape index (κ1) is 7.88. The van der Waals surface area contributed by atoms with Gasteiger partial charge in [0.15, 0.2) is 0 Å². The number of aliphatic hydroxyl groups excluding tert-OH is 1. The first-order valence-electron chi connectivity index (χ1n) is 3.28. The van der Waals surface area contributed by atoms with E-state index >= 15 is 0 Å². The van der Waals surface area contributed by atoms with Crippen LogP contribution >= 0.6 is 0 Å². The van der Waals surface area contributed by atoms with Crippen molar-refractivity contribution < 1.29 is 13.9 Å². The molecule has 0 amide bonds. The Kier molecular flexibility index (Phi) is 1.92. The minimum absolute atomic E-state index is 0.343. The number of aliphatic hydroxyl groups is 1. The van der Waals surface area contributed by atoms with E-state index in [0.717, 1.165) is 0 Å². The van der Waals surface area contributed by atoms with E-state index in [9.17, 15) is 8.78 Å². The molecule has 0 heterocycles. The summed E-state index contributed by atoms with van der Waals surface area (Å²) in [6, 6.07) is -0.743. The van der Waals surface area contributed by atoms with Gasteiger partial charge in [0.1, 0.15) is 0 Å². The molecule has 0 radical (unpaired) electrons. The molecule has 1 rings (SSSR count). The van der Waals surface area contributed by atoms with E-state index < -0.39 is 17.9 Å². The van der Waals surface area contributed by atoms with Gasteiger partial charge in [-0.2, -0.15) is 0 Å². The molecule has 0 saturated heterocycles. The second-order valence-corrected chi connectivity index (χ2v) is 2.82. The molecule has 1 unspecified atom stereocenters. The number of rotatable bonds is 3. The van der Waals surface area contributed by atoms with Crippen LogP contribution in [0.5, 0.6) is 0 Å². The Morgan fingerprint density at radius 3 is 2.10 bits per heavy atom. The van der Waals surface area contributed by atoms with E-state index in [1.807, 2.05) is 0 Å². The summed E-state index contributed by atoms with van der Waals surface area (Å²) in [5.74, 6) is 0. The van der Waals surface area contributed by atoms with Gasteiger partial charge in [-0.25, -0.2) is 8.78 Å². The quantitative estimate of drug-likeness (QED) is 0.611. The maximum absolute atomic E-state index is 12.1. The molecule has 0 spiro atoms. The molecule has 60 valence electrons. The van der Waals surface area contributed by atoms with Crippen molar-refractivity contribution in [3.05, 3.63) is 0 Å². The molecule has 1 aliphatic carbocycles. The van der Waals surface area contributed by atoms with Crippen LogP contribution in [0.25, 0.3) is 0 Å². The van der Waals surface area contributed by atoms with Crippen LogP contribution in [0.4, 0.5) is 8.78 Å². The highest BCUT2D eigenvalue weighted by atomic mass is 19.3. The fourth-order valence-electron chi connectivity index (χ4n) is 1.08. The van der Waals surface area contributed by atoms with Crippen molar-refractivity contribution in [1.29, 1.82) is 0 Å². The van der Waals surface area contributed by atoms with Crippen LogP contribution in [0.3, 0.4) is 0 Å². The second-order valence-electron chi connectivity index (χ2n) is 2.82. The molecular formula is C6H11F2NO. The molecule has 0 aliphatic heterocycles. The highest BCUT2D eigenvalue weighted by Crippen LogP contribution is 2.52. The number of alkyl halides is 2. The molecule has 4 heteroatoms. The molecular weight excluding hydrogens is 140 g/mol. The first-order valence-corrected chi connectivity index (χ1v) is 3.28. The molecule has 1 fully saturated rings. The van der Waals surface area contributed by atoms with Crippen LogP contribution in [0.1, 0.15) is 12.8 Å². The SMILES string of the molecule is NC(CO)C1(C(F)F)CC1. The zero-order valence-corrected chi connectivity index (χ0v) is 5.56. The van der Waals surface area contributed by atoms with Gasteiger partial charge in [-0.1, -0.05) is 0 Å². The van der Waals surface area contributed by atoms with Crippen LogP contribution in [0, 0.1) is 5.41 Å². The van der Waals surface area contributed by atoms with Crippen molar-refractivity contribution in [2.75, 3.05) is 6.61 Å². The Hall–Kier alpha value is -0.220. The lowest BCUT2D eigenvalue weighted by Crippen LogP contribution is -2.39. The van der Waals surface area contributed by atoms with Gasteiger partial charge in [0.2, 0.25) is 6.43 Å². The molecule has 10 heavy (non-hydrogen) atoms. The van der Waals surface area contributed by atoms with Crippen molar-refractivity contribution in [2.24, 2.45) is 11.1 Å². The first-order chi connectivity index (χ1) is 4.63. The van der Waals surface area contributed by atoms with Gasteiger partial charge < -0.3 is 10.8 Å². The summed E-state index contributed by atoms with van der Waals surface area (Å²) in [7, 11) is 0. The minimum Gasteiger partial charge on any atom is -0.395 e. The molecule has 0 aromatic carbocycles. The molecule has 2 nitrogen and oxygen atoms in total. The van der Waals surface area contributed by atoms with Crippen molar-refractivity contribution in [2.45, 2.75) is 25.3 Å². The smallest absolute Gasteiger partial charge is 0.245 e. The van der Waals surface area contributed by atoms with Gasteiger partial charge in [0, 0.05) is 11.5 Å². The summed E-state index contributed by atoms with van der Waals surface area (Å²) in [5, 5.41) is 8.50. The van der Waals surface area contributed by atoms with E-state index in [1.165, 1.54) is 0 Å². The lowest BCUT2D eigenvalue weighted by molar-refractivity contribution is 0.0323. The van der Waals surface area contributed by atoms with Crippen LogP contribution < -0.4 is 5.73 Å². The Bertz CT molecular complexity index is 125. The Morgan fingerprint density at radius 2 is 2.00 bits per heavy atom. The number of hydrogen-bond donors (Lipinski definition) is 2. The van der Waals surface area contributed by atoms with Gasteiger partial charge in [0.05, 0.1) is 6.61 Å². The average Bonchev–Trinajstić information content (AvgIpc) is 2.65. The standard InChI is InChI=1S/C6H11F2NO/c7-5(8)6(1-2-6)4(9)3-10/h4-5,10H,1-3,9H2. The summed E-state index contributed by atoms with van der Waals surface area (Å²) in [4.78, 5) is 0. The zero-order valence-electron chi connectivity index (χ0n) is 5.56. The molecule has 0 aromatic rings. The van der Waals surface area contributed by atoms with E-state index in [-0.39, 0.29) is 6.61 Å². The highest BCUT2D eigenvalue weighted by molar-refractivity contribution is 5.02. The predicted molar refractivity (Wildman–Crippen MR) is 32.7 cm³/mol. The Labute approximate surface area is 58.0 Å². The van der Waals surface area contributed by atoms with E-state index in [2.05, 4.69) is 0 Å². The van der Waals surface area contributed by atoms with E-state index in [4.69, 9.17) is 10.8 Å². The number of nitrogens with two attached hydrogens (primary N) is 1. The summed E-state index contributed by atoms with van der Waals surface area (Å²) in [6.45, 7) is -0.343. The van der Waals surface area contributed by atoms with E-state index in [1.54, 1.807) is 0 Å². The third-order valence-corrected chi connectivity index (χ3v) is 2.20. The van der Waals surface area contributed by atoms with Crippen molar-refractivity contribution >= 4 is 0 Å². The van der Waals surface area contributed by atoms with Crippen LogP contribution in [-0.2, 0) is 0 Å². The minimum atomic E-state index is -2.38. The maximum Gasteiger partial charge on any atom is 0.245 e. The predicted octanol–water partition coefficient (Wildman–Crippen LogP) is 0.351. The number of halogens is 2. The highest BCUT2D eigenvalue weighted by Gasteiger charge is 2.55. The molecule has 1 atom stereocenters. The van der Waals surface area contributed by atoms with Crippen molar-refractivity contribution in [3.63, 3.8) is 0 Å². The average molecular weight is 151 g/mol. The monoisotopic (exact) mass is 151 g/mol. The topological polar surface area (TPSA) is 46.2 Å². The van der Waals surface area contributed by atoms with Gasteiger partial charge in [-0.3, -0.25) is 0 Å². The number of hydrogen-bond acceptors (Lipinski definition) is 2. The van der Waals surface area contributed by atoms with Crippen LogP contribution in [0.2, 0.25) is 0 Å². The summed E-state index contributed by atoms with van der Waals surface area (Å²) < 4.78 is 24.2. The van der Waals surface area contributed by atoms with Gasteiger partial charge in [0.25, 0.3) is 0 Å². The Balaban J connectivity index is 2.51. The normalized spacial score (nSPS) is 24.9. The Morgan fingerprint density at radius 1 is 1.50 bits per heavy atom. The largest absolute Gasteiger partial charge is 0.395 e. The van der Waals surface area contributed by atoms with Gasteiger partial charge in [-0.15, -0.1) is 0 Å². The molecule has 1 aliphatic rings. The fourth-order valence-corrected chi connectivity index (χ4v) is 1.08. The lowest BCUT2D eigenvalue weighted by atomic mass is 9.99. The second kappa shape index (κ2) is 2.43. The molecule has 0 bridgehead atoms. The fraction of sp³-hybridized carbons (Fsp3) is 1.00. The zero-order chi connectivity index (χ0) is 7.78. The van der Waals surface area contributed by atoms with Crippen molar-refractivity contribution in [1.82, 2.24) is 0 Å². The van der Waals surface area contributed by atoms with Crippen LogP contribution in [0.15, 0.2) is 0 Å². The maximum atomic E-state index is 12.1. The third kappa shape index (κ3) is 1.01. The molecule has 3 N–H and O–H groups in total. The third-order valence-electron chi connectivity index (χ3n) is 2.20. The summed E-state index contributed by atoms with van der Waals surface area (Å²) in [5.41, 5.74) is 4.24. The van der Waals surface area contributed by atoms with Crippen molar-refractivity contribution in [3.8, 4) is 0 Å². The molecule has 0 aromatic heterocycles. The van der Waals surface area contributed by atoms with Gasteiger partial charge in [-0.05, 0) is 12.8 Å². The summed E-state index contributed by atoms with van der Waals surface area (Å²) >= 11 is 0. The lowest BCUT2D eigenvalue weighted by Gasteiger charge is -2.19. The summed E-state index contributed by atoms with van der Waals surface area (Å²) in [6.07, 6.45) is -1.48. The molecule has 1 saturated carbocycles. The van der Waals surface area contributed by atoms with E-state index in [0.29, 0.717) is 12.8 Å².